The van der Waals surface area contributed by atoms with Gasteiger partial charge in [0.25, 0.3) is 0 Å². The summed E-state index contributed by atoms with van der Waals surface area (Å²) < 4.78 is 12.2. The van der Waals surface area contributed by atoms with Gasteiger partial charge in [0.1, 0.15) is 5.75 Å². The van der Waals surface area contributed by atoms with Crippen LogP contribution in [0.4, 0.5) is 10.7 Å². The van der Waals surface area contributed by atoms with Gasteiger partial charge in [0.05, 0.1) is 17.1 Å². The highest BCUT2D eigenvalue weighted by Crippen LogP contribution is 2.24. The fourth-order valence-electron chi connectivity index (χ4n) is 2.53. The molecule has 0 aliphatic rings. The number of rotatable bonds is 3. The van der Waals surface area contributed by atoms with Crippen LogP contribution in [0.3, 0.4) is 0 Å². The van der Waals surface area contributed by atoms with E-state index < -0.39 is 6.09 Å². The van der Waals surface area contributed by atoms with Crippen LogP contribution in [-0.4, -0.2) is 27.8 Å². The van der Waals surface area contributed by atoms with Gasteiger partial charge in [0, 0.05) is 5.02 Å². The largest absolute Gasteiger partial charge is 0.447 e. The molecule has 1 heterocycles. The number of ether oxygens (including phenoxy) is 2. The monoisotopic (exact) mass is 386 g/mol. The maximum Gasteiger partial charge on any atom is 0.414 e. The second-order valence-electron chi connectivity index (χ2n) is 6.16. The first-order valence-electron chi connectivity index (χ1n) is 8.33. The van der Waals surface area contributed by atoms with Crippen LogP contribution in [0.5, 0.6) is 5.75 Å². The Kier molecular flexibility index (Phi) is 5.32. The standard InChI is InChI=1S/C19H19ClN4O3/c1-11(2)26-19(25)23-18-22-14-6-4-5-7-15(14)24(18)17(21)27-16-9-8-13(20)10-12(16)3/h4-11,21H,1-3H3,(H,22,23,25). The van der Waals surface area contributed by atoms with Gasteiger partial charge in [0.15, 0.2) is 0 Å². The Labute approximate surface area is 161 Å². The molecule has 0 saturated heterocycles. The Balaban J connectivity index is 1.97. The molecule has 7 nitrogen and oxygen atoms in total. The lowest BCUT2D eigenvalue weighted by molar-refractivity contribution is 0.129. The number of para-hydroxylation sites is 2. The van der Waals surface area contributed by atoms with Crippen LogP contribution in [0, 0.1) is 12.3 Å². The molecule has 0 aliphatic carbocycles. The Morgan fingerprint density at radius 1 is 1.26 bits per heavy atom. The van der Waals surface area contributed by atoms with Crippen molar-refractivity contribution in [2.75, 3.05) is 5.32 Å². The third-order valence-electron chi connectivity index (χ3n) is 3.66. The number of carbonyl (C=O) groups is 1. The third-order valence-corrected chi connectivity index (χ3v) is 3.90. The molecule has 3 aromatic rings. The van der Waals surface area contributed by atoms with E-state index >= 15 is 0 Å². The van der Waals surface area contributed by atoms with Gasteiger partial charge in [-0.3, -0.25) is 10.7 Å². The number of nitrogens with zero attached hydrogens (tertiary/aromatic N) is 2. The number of imidazole rings is 1. The number of nitrogens with one attached hydrogen (secondary N) is 2. The van der Waals surface area contributed by atoms with E-state index in [9.17, 15) is 4.79 Å². The molecule has 0 atom stereocenters. The van der Waals surface area contributed by atoms with Gasteiger partial charge >= 0.3 is 12.1 Å². The number of amides is 1. The van der Waals surface area contributed by atoms with Crippen LogP contribution in [0.1, 0.15) is 19.4 Å². The van der Waals surface area contributed by atoms with Crippen molar-refractivity contribution in [1.82, 2.24) is 9.55 Å². The van der Waals surface area contributed by atoms with Crippen molar-refractivity contribution < 1.29 is 14.3 Å². The number of aromatic nitrogens is 2. The summed E-state index contributed by atoms with van der Waals surface area (Å²) in [5, 5.41) is 11.6. The van der Waals surface area contributed by atoms with Gasteiger partial charge in [-0.25, -0.2) is 14.3 Å². The van der Waals surface area contributed by atoms with Gasteiger partial charge < -0.3 is 9.47 Å². The average Bonchev–Trinajstić information content (AvgIpc) is 2.94. The van der Waals surface area contributed by atoms with E-state index in [1.807, 2.05) is 19.1 Å². The van der Waals surface area contributed by atoms with Gasteiger partial charge in [-0.05, 0) is 56.7 Å². The Morgan fingerprint density at radius 2 is 2.00 bits per heavy atom. The quantitative estimate of drug-likeness (QED) is 0.499. The predicted molar refractivity (Wildman–Crippen MR) is 105 cm³/mol. The molecule has 0 saturated carbocycles. The molecule has 0 fully saturated rings. The molecular formula is C19H19ClN4O3. The first kappa shape index (κ1) is 18.7. The van der Waals surface area contributed by atoms with Crippen LogP contribution in [0.25, 0.3) is 11.0 Å². The molecule has 1 amide bonds. The second kappa shape index (κ2) is 7.67. The highest BCUT2D eigenvalue weighted by Gasteiger charge is 2.19. The lowest BCUT2D eigenvalue weighted by Gasteiger charge is -2.14. The minimum atomic E-state index is -0.656. The summed E-state index contributed by atoms with van der Waals surface area (Å²) in [4.78, 5) is 16.4. The number of hydrogen-bond acceptors (Lipinski definition) is 5. The molecule has 2 aromatic carbocycles. The van der Waals surface area contributed by atoms with Crippen molar-refractivity contribution in [3.63, 3.8) is 0 Å². The van der Waals surface area contributed by atoms with Crippen molar-refractivity contribution in [2.45, 2.75) is 26.9 Å². The van der Waals surface area contributed by atoms with Crippen LogP contribution in [0.15, 0.2) is 42.5 Å². The molecule has 27 heavy (non-hydrogen) atoms. The summed E-state index contributed by atoms with van der Waals surface area (Å²) in [7, 11) is 0. The molecule has 0 unspecified atom stereocenters. The zero-order valence-corrected chi connectivity index (χ0v) is 15.9. The normalized spacial score (nSPS) is 10.9. The summed E-state index contributed by atoms with van der Waals surface area (Å²) in [6, 6.07) is 12.1. The fraction of sp³-hybridized carbons (Fsp3) is 0.211. The second-order valence-corrected chi connectivity index (χ2v) is 6.59. The topological polar surface area (TPSA) is 89.2 Å². The minimum absolute atomic E-state index is 0.137. The molecule has 0 spiro atoms. The molecule has 0 bridgehead atoms. The molecular weight excluding hydrogens is 368 g/mol. The lowest BCUT2D eigenvalue weighted by atomic mass is 10.2. The maximum atomic E-state index is 12.0. The predicted octanol–water partition coefficient (Wildman–Crippen LogP) is 4.82. The minimum Gasteiger partial charge on any atom is -0.447 e. The summed E-state index contributed by atoms with van der Waals surface area (Å²) >= 11 is 5.97. The number of halogens is 1. The number of anilines is 1. The average molecular weight is 387 g/mol. The first-order chi connectivity index (χ1) is 12.8. The molecule has 1 aromatic heterocycles. The fourth-order valence-corrected chi connectivity index (χ4v) is 2.75. The maximum absolute atomic E-state index is 12.0. The van der Waals surface area contributed by atoms with Crippen molar-refractivity contribution >= 4 is 40.7 Å². The Hall–Kier alpha value is -3.06. The number of aryl methyl sites for hydroxylation is 1. The van der Waals surface area contributed by atoms with E-state index in [2.05, 4.69) is 10.3 Å². The van der Waals surface area contributed by atoms with E-state index in [0.717, 1.165) is 5.56 Å². The Morgan fingerprint density at radius 3 is 2.70 bits per heavy atom. The molecule has 140 valence electrons. The summed E-state index contributed by atoms with van der Waals surface area (Å²) in [6.45, 7) is 5.33. The highest BCUT2D eigenvalue weighted by atomic mass is 35.5. The van der Waals surface area contributed by atoms with Gasteiger partial charge in [-0.2, -0.15) is 0 Å². The number of benzene rings is 2. The van der Waals surface area contributed by atoms with Crippen molar-refractivity contribution in [3.05, 3.63) is 53.1 Å². The van der Waals surface area contributed by atoms with E-state index in [-0.39, 0.29) is 18.1 Å². The lowest BCUT2D eigenvalue weighted by Crippen LogP contribution is -2.25. The molecule has 0 aliphatic heterocycles. The van der Waals surface area contributed by atoms with Crippen LogP contribution in [-0.2, 0) is 4.74 Å². The SMILES string of the molecule is Cc1cc(Cl)ccc1OC(=N)n1c(NC(=O)OC(C)C)nc2ccccc21. The molecule has 2 N–H and O–H groups in total. The van der Waals surface area contributed by atoms with Crippen LogP contribution < -0.4 is 10.1 Å². The van der Waals surface area contributed by atoms with Gasteiger partial charge in [-0.1, -0.05) is 23.7 Å². The van der Waals surface area contributed by atoms with Gasteiger partial charge in [-0.15, -0.1) is 0 Å². The molecule has 8 heteroatoms. The van der Waals surface area contributed by atoms with Gasteiger partial charge in [0.2, 0.25) is 5.95 Å². The number of fused-ring (bicyclic) bond motifs is 1. The smallest absolute Gasteiger partial charge is 0.414 e. The number of hydrogen-bond donors (Lipinski definition) is 2. The van der Waals surface area contributed by atoms with E-state index in [4.69, 9.17) is 26.5 Å². The number of carbonyl (C=O) groups excluding carboxylic acids is 1. The van der Waals surface area contributed by atoms with Crippen molar-refractivity contribution in [1.29, 1.82) is 5.41 Å². The molecule has 0 radical (unpaired) electrons. The van der Waals surface area contributed by atoms with Crippen molar-refractivity contribution in [3.8, 4) is 5.75 Å². The van der Waals surface area contributed by atoms with Crippen molar-refractivity contribution in [2.24, 2.45) is 0 Å². The zero-order chi connectivity index (χ0) is 19.6. The summed E-state index contributed by atoms with van der Waals surface area (Å²) in [5.41, 5.74) is 2.01. The summed E-state index contributed by atoms with van der Waals surface area (Å²) in [5.74, 6) is 0.622. The van der Waals surface area contributed by atoms with Crippen LogP contribution >= 0.6 is 11.6 Å². The van der Waals surface area contributed by atoms with Crippen LogP contribution in [0.2, 0.25) is 5.02 Å². The summed E-state index contributed by atoms with van der Waals surface area (Å²) in [6.07, 6.45) is -0.938. The van der Waals surface area contributed by atoms with E-state index in [1.54, 1.807) is 44.2 Å². The third kappa shape index (κ3) is 4.20. The van der Waals surface area contributed by atoms with E-state index in [0.29, 0.717) is 21.8 Å². The first-order valence-corrected chi connectivity index (χ1v) is 8.71. The van der Waals surface area contributed by atoms with E-state index in [1.165, 1.54) is 4.57 Å². The Bertz CT molecular complexity index is 1010. The zero-order valence-electron chi connectivity index (χ0n) is 15.1. The molecule has 3 rings (SSSR count). The highest BCUT2D eigenvalue weighted by molar-refractivity contribution is 6.30.